The highest BCUT2D eigenvalue weighted by molar-refractivity contribution is 5.96. The summed E-state index contributed by atoms with van der Waals surface area (Å²) in [6.07, 6.45) is 3.45. The van der Waals surface area contributed by atoms with E-state index in [1.165, 1.54) is 0 Å². The number of nitrogens with zero attached hydrogens (tertiary/aromatic N) is 1. The molecule has 0 N–H and O–H groups in total. The van der Waals surface area contributed by atoms with Crippen molar-refractivity contribution in [3.63, 3.8) is 0 Å². The molecule has 0 saturated carbocycles. The second kappa shape index (κ2) is 9.80. The number of ether oxygens (including phenoxy) is 1. The van der Waals surface area contributed by atoms with Crippen LogP contribution in [0.1, 0.15) is 22.3 Å². The Balaban J connectivity index is 2.03. The zero-order chi connectivity index (χ0) is 18.8. The smallest absolute Gasteiger partial charge is 0.217 e. The van der Waals surface area contributed by atoms with Gasteiger partial charge in [-0.2, -0.15) is 0 Å². The predicted octanol–water partition coefficient (Wildman–Crippen LogP) is 3.88. The number of rotatable bonds is 7. The minimum atomic E-state index is -0.627. The van der Waals surface area contributed by atoms with Crippen LogP contribution in [0, 0.1) is 27.9 Å². The number of ketones is 1. The van der Waals surface area contributed by atoms with Gasteiger partial charge in [-0.1, -0.05) is 54.3 Å². The molecule has 2 rings (SSSR count). The van der Waals surface area contributed by atoms with E-state index in [-0.39, 0.29) is 18.7 Å². The third kappa shape index (κ3) is 6.25. The van der Waals surface area contributed by atoms with Gasteiger partial charge in [-0.25, -0.2) is 0 Å². The van der Waals surface area contributed by atoms with Crippen LogP contribution < -0.4 is 4.74 Å². The van der Waals surface area contributed by atoms with Gasteiger partial charge in [-0.05, 0) is 29.8 Å². The van der Waals surface area contributed by atoms with Crippen LogP contribution >= 0.6 is 0 Å². The summed E-state index contributed by atoms with van der Waals surface area (Å²) in [6, 6.07) is 16.2. The largest absolute Gasteiger partial charge is 0.497 e. The van der Waals surface area contributed by atoms with Gasteiger partial charge in [0.2, 0.25) is 6.54 Å². The summed E-state index contributed by atoms with van der Waals surface area (Å²) >= 11 is 0. The molecular formula is C21H19NO4. The van der Waals surface area contributed by atoms with Crippen molar-refractivity contribution < 1.29 is 14.5 Å². The maximum absolute atomic E-state index is 12.2. The number of allylic oxidation sites excluding steroid dienone is 1. The van der Waals surface area contributed by atoms with E-state index in [9.17, 15) is 14.9 Å². The summed E-state index contributed by atoms with van der Waals surface area (Å²) in [5.74, 6) is 5.62. The van der Waals surface area contributed by atoms with Crippen molar-refractivity contribution in [2.45, 2.75) is 6.42 Å². The van der Waals surface area contributed by atoms with Crippen molar-refractivity contribution in [2.75, 3.05) is 13.7 Å². The van der Waals surface area contributed by atoms with E-state index in [1.54, 1.807) is 43.5 Å². The number of carbonyl (C=O) groups is 1. The summed E-state index contributed by atoms with van der Waals surface area (Å²) in [5.41, 5.74) is 1.47. The Morgan fingerprint density at radius 1 is 1.19 bits per heavy atom. The molecule has 0 radical (unpaired) electrons. The van der Waals surface area contributed by atoms with Crippen molar-refractivity contribution >= 4 is 11.9 Å². The fourth-order valence-electron chi connectivity index (χ4n) is 2.33. The van der Waals surface area contributed by atoms with Crippen LogP contribution in [0.2, 0.25) is 0 Å². The number of hydrogen-bond acceptors (Lipinski definition) is 4. The lowest BCUT2D eigenvalue weighted by Crippen LogP contribution is -2.16. The van der Waals surface area contributed by atoms with E-state index >= 15 is 0 Å². The second-order valence-electron chi connectivity index (χ2n) is 5.60. The molecule has 0 aliphatic heterocycles. The Kier molecular flexibility index (Phi) is 7.14. The van der Waals surface area contributed by atoms with Gasteiger partial charge in [0, 0.05) is 16.9 Å². The number of nitro groups is 1. The SMILES string of the molecule is COc1ccc(/C=C/C#C[C@H](CC(=O)c2ccccc2)C[N+](=O)[O-])cc1. The van der Waals surface area contributed by atoms with Crippen molar-refractivity contribution in [1.82, 2.24) is 0 Å². The van der Waals surface area contributed by atoms with Crippen molar-refractivity contribution in [3.05, 3.63) is 81.9 Å². The zero-order valence-corrected chi connectivity index (χ0v) is 14.4. The van der Waals surface area contributed by atoms with E-state index in [1.807, 2.05) is 30.3 Å². The predicted molar refractivity (Wildman–Crippen MR) is 101 cm³/mol. The van der Waals surface area contributed by atoms with Gasteiger partial charge in [-0.15, -0.1) is 0 Å². The Labute approximate surface area is 152 Å². The van der Waals surface area contributed by atoms with Gasteiger partial charge in [-0.3, -0.25) is 14.9 Å². The van der Waals surface area contributed by atoms with E-state index in [0.29, 0.717) is 5.56 Å². The van der Waals surface area contributed by atoms with Crippen LogP contribution in [0.4, 0.5) is 0 Å². The first-order chi connectivity index (χ1) is 12.6. The highest BCUT2D eigenvalue weighted by Gasteiger charge is 2.18. The summed E-state index contributed by atoms with van der Waals surface area (Å²) in [4.78, 5) is 22.6. The van der Waals surface area contributed by atoms with Crippen LogP contribution in [0.15, 0.2) is 60.7 Å². The first-order valence-corrected chi connectivity index (χ1v) is 8.10. The quantitative estimate of drug-likeness (QED) is 0.329. The molecule has 0 aliphatic rings. The van der Waals surface area contributed by atoms with Gasteiger partial charge in [0.15, 0.2) is 5.78 Å². The molecule has 5 nitrogen and oxygen atoms in total. The lowest BCUT2D eigenvalue weighted by Gasteiger charge is -2.05. The molecule has 0 spiro atoms. The van der Waals surface area contributed by atoms with Crippen LogP contribution in [0.3, 0.4) is 0 Å². The maximum atomic E-state index is 12.2. The minimum absolute atomic E-state index is 0.0222. The Morgan fingerprint density at radius 3 is 2.50 bits per heavy atom. The van der Waals surface area contributed by atoms with Gasteiger partial charge in [0.05, 0.1) is 13.0 Å². The lowest BCUT2D eigenvalue weighted by molar-refractivity contribution is -0.485. The standard InChI is InChI=1S/C21H19NO4/c1-26-20-13-11-17(12-14-20)7-5-6-8-18(16-22(24)25)15-21(23)19-9-3-2-4-10-19/h2-5,7,9-14,18H,15-16H2,1H3/b7-5+/t18-/m1/s1. The average Bonchev–Trinajstić information content (AvgIpc) is 2.65. The molecule has 0 aliphatic carbocycles. The van der Waals surface area contributed by atoms with E-state index in [4.69, 9.17) is 4.74 Å². The highest BCUT2D eigenvalue weighted by Crippen LogP contribution is 2.12. The Bertz CT molecular complexity index is 830. The number of hydrogen-bond donors (Lipinski definition) is 0. The first-order valence-electron chi connectivity index (χ1n) is 8.10. The second-order valence-corrected chi connectivity index (χ2v) is 5.60. The number of Topliss-reactive ketones (excluding diaryl/α,β-unsaturated/α-hetero) is 1. The summed E-state index contributed by atoms with van der Waals surface area (Å²) in [6.45, 7) is -0.359. The molecule has 132 valence electrons. The molecule has 0 heterocycles. The maximum Gasteiger partial charge on any atom is 0.217 e. The lowest BCUT2D eigenvalue weighted by atomic mass is 9.98. The highest BCUT2D eigenvalue weighted by atomic mass is 16.6. The Morgan fingerprint density at radius 2 is 1.88 bits per heavy atom. The van der Waals surface area contributed by atoms with Crippen molar-refractivity contribution in [2.24, 2.45) is 5.92 Å². The van der Waals surface area contributed by atoms with E-state index < -0.39 is 10.8 Å². The number of carbonyl (C=O) groups excluding carboxylic acids is 1. The normalized spacial score (nSPS) is 11.4. The van der Waals surface area contributed by atoms with Crippen LogP contribution in [-0.2, 0) is 0 Å². The number of methoxy groups -OCH3 is 1. The number of benzene rings is 2. The molecule has 0 aromatic heterocycles. The third-order valence-corrected chi connectivity index (χ3v) is 3.66. The molecule has 0 unspecified atom stereocenters. The molecule has 5 heteroatoms. The zero-order valence-electron chi connectivity index (χ0n) is 14.4. The van der Waals surface area contributed by atoms with Gasteiger partial charge in [0.1, 0.15) is 5.75 Å². The summed E-state index contributed by atoms with van der Waals surface area (Å²) < 4.78 is 5.09. The minimum Gasteiger partial charge on any atom is -0.497 e. The third-order valence-electron chi connectivity index (χ3n) is 3.66. The molecular weight excluding hydrogens is 330 g/mol. The van der Waals surface area contributed by atoms with E-state index in [0.717, 1.165) is 11.3 Å². The molecule has 0 bridgehead atoms. The monoisotopic (exact) mass is 349 g/mol. The molecule has 1 atom stereocenters. The topological polar surface area (TPSA) is 69.4 Å². The Hall–Kier alpha value is -3.39. The fraction of sp³-hybridized carbons (Fsp3) is 0.190. The van der Waals surface area contributed by atoms with Crippen LogP contribution in [0.25, 0.3) is 6.08 Å². The molecule has 2 aromatic rings. The van der Waals surface area contributed by atoms with Gasteiger partial charge >= 0.3 is 0 Å². The van der Waals surface area contributed by atoms with Crippen LogP contribution in [-0.4, -0.2) is 24.4 Å². The molecule has 0 amide bonds. The van der Waals surface area contributed by atoms with Gasteiger partial charge in [0.25, 0.3) is 0 Å². The van der Waals surface area contributed by atoms with Crippen molar-refractivity contribution in [3.8, 4) is 17.6 Å². The molecule has 0 saturated heterocycles. The molecule has 0 fully saturated rings. The molecule has 2 aromatic carbocycles. The fourth-order valence-corrected chi connectivity index (χ4v) is 2.33. The average molecular weight is 349 g/mol. The molecule has 26 heavy (non-hydrogen) atoms. The first kappa shape index (κ1) is 18.9. The van der Waals surface area contributed by atoms with Crippen molar-refractivity contribution in [1.29, 1.82) is 0 Å². The summed E-state index contributed by atoms with van der Waals surface area (Å²) in [5, 5.41) is 10.8. The summed E-state index contributed by atoms with van der Waals surface area (Å²) in [7, 11) is 1.60. The van der Waals surface area contributed by atoms with E-state index in [2.05, 4.69) is 11.8 Å². The van der Waals surface area contributed by atoms with Gasteiger partial charge < -0.3 is 4.74 Å². The van der Waals surface area contributed by atoms with Crippen LogP contribution in [0.5, 0.6) is 5.75 Å².